The Labute approximate surface area is 157 Å². The van der Waals surface area contributed by atoms with Gasteiger partial charge in [0.25, 0.3) is 0 Å². The highest BCUT2D eigenvalue weighted by Gasteiger charge is 2.62. The molecule has 2 saturated heterocycles. The molecule has 3 heterocycles. The Hall–Kier alpha value is -3.39. The molecule has 0 spiro atoms. The lowest BCUT2D eigenvalue weighted by Gasteiger charge is -2.33. The smallest absolute Gasteiger partial charge is 0.236 e. The molecule has 0 N–H and O–H groups in total. The van der Waals surface area contributed by atoms with Crippen LogP contribution in [0, 0.1) is 23.2 Å². The topological polar surface area (TPSA) is 64.4 Å². The largest absolute Gasteiger partial charge is 0.353 e. The fraction of sp³-hybridized carbons (Fsp3) is 0.227. The van der Waals surface area contributed by atoms with Crippen molar-refractivity contribution in [2.24, 2.45) is 11.8 Å². The number of hydrogen-bond donors (Lipinski definition) is 0. The fourth-order valence-corrected chi connectivity index (χ4v) is 4.69. The lowest BCUT2D eigenvalue weighted by Crippen LogP contribution is -2.39. The quantitative estimate of drug-likeness (QED) is 0.777. The zero-order valence-corrected chi connectivity index (χ0v) is 14.5. The Morgan fingerprint density at radius 3 is 2.41 bits per heavy atom. The van der Waals surface area contributed by atoms with Gasteiger partial charge in [-0.2, -0.15) is 5.26 Å². The lowest BCUT2D eigenvalue weighted by molar-refractivity contribution is -0.141. The number of amides is 2. The zero-order chi connectivity index (χ0) is 18.5. The minimum absolute atomic E-state index is 0.174. The summed E-state index contributed by atoms with van der Waals surface area (Å²) in [4.78, 5) is 29.6. The number of carbonyl (C=O) groups excluding carboxylic acids is 2. The van der Waals surface area contributed by atoms with Crippen LogP contribution in [0.15, 0.2) is 60.8 Å². The van der Waals surface area contributed by atoms with Crippen LogP contribution in [0.3, 0.4) is 0 Å². The SMILES string of the molecule is N#C[C@@H]1[C@@H]2C(=O)N(Cc3ccccc3)C(=O)[C@H]2[C@@H]2c3ccccc3C=CN12. The summed E-state index contributed by atoms with van der Waals surface area (Å²) >= 11 is 0. The zero-order valence-electron chi connectivity index (χ0n) is 14.5. The van der Waals surface area contributed by atoms with Crippen molar-refractivity contribution in [3.05, 3.63) is 77.5 Å². The van der Waals surface area contributed by atoms with Gasteiger partial charge in [0, 0.05) is 6.20 Å². The van der Waals surface area contributed by atoms with E-state index in [0.29, 0.717) is 0 Å². The molecule has 5 nitrogen and oxygen atoms in total. The molecule has 0 unspecified atom stereocenters. The number of nitrogens with zero attached hydrogens (tertiary/aromatic N) is 3. The average molecular weight is 355 g/mol. The van der Waals surface area contributed by atoms with Crippen LogP contribution in [0.25, 0.3) is 6.08 Å². The van der Waals surface area contributed by atoms with Gasteiger partial charge >= 0.3 is 0 Å². The maximum Gasteiger partial charge on any atom is 0.236 e. The second-order valence-corrected chi connectivity index (χ2v) is 7.21. The highest BCUT2D eigenvalue weighted by Crippen LogP contribution is 2.52. The number of imide groups is 1. The van der Waals surface area contributed by atoms with E-state index in [1.165, 1.54) is 4.90 Å². The lowest BCUT2D eigenvalue weighted by atomic mass is 9.85. The molecule has 0 saturated carbocycles. The standard InChI is InChI=1S/C22H17N3O2/c23-12-17-18-19(20-16-9-5-4-8-15(16)10-11-24(17)20)22(27)25(21(18)26)13-14-6-2-1-3-7-14/h1-11,17-20H,13H2/t17-,18+,19-,20+/m1/s1. The number of fused-ring (bicyclic) bond motifs is 5. The first-order chi connectivity index (χ1) is 13.2. The van der Waals surface area contributed by atoms with Gasteiger partial charge in [-0.1, -0.05) is 54.6 Å². The van der Waals surface area contributed by atoms with Gasteiger partial charge in [-0.05, 0) is 22.8 Å². The van der Waals surface area contributed by atoms with Gasteiger partial charge in [0.15, 0.2) is 0 Å². The van der Waals surface area contributed by atoms with E-state index >= 15 is 0 Å². The van der Waals surface area contributed by atoms with Gasteiger partial charge < -0.3 is 4.90 Å². The van der Waals surface area contributed by atoms with Crippen molar-refractivity contribution >= 4 is 17.9 Å². The normalized spacial score (nSPS) is 28.0. The average Bonchev–Trinajstić information content (AvgIpc) is 3.17. The third-order valence-corrected chi connectivity index (χ3v) is 5.87. The van der Waals surface area contributed by atoms with Gasteiger partial charge in [0.2, 0.25) is 11.8 Å². The van der Waals surface area contributed by atoms with E-state index in [4.69, 9.17) is 0 Å². The van der Waals surface area contributed by atoms with Crippen molar-refractivity contribution in [3.8, 4) is 6.07 Å². The van der Waals surface area contributed by atoms with Crippen LogP contribution in [0.2, 0.25) is 0 Å². The van der Waals surface area contributed by atoms with E-state index in [-0.39, 0.29) is 24.4 Å². The van der Waals surface area contributed by atoms with Gasteiger partial charge in [-0.3, -0.25) is 14.5 Å². The maximum atomic E-state index is 13.3. The molecular weight excluding hydrogens is 338 g/mol. The molecular formula is C22H17N3O2. The third kappa shape index (κ3) is 2.16. The van der Waals surface area contributed by atoms with Crippen molar-refractivity contribution < 1.29 is 9.59 Å². The molecule has 5 heteroatoms. The Balaban J connectivity index is 1.56. The van der Waals surface area contributed by atoms with Gasteiger partial charge in [-0.15, -0.1) is 0 Å². The molecule has 5 rings (SSSR count). The molecule has 0 aliphatic carbocycles. The first kappa shape index (κ1) is 15.8. The first-order valence-corrected chi connectivity index (χ1v) is 9.04. The summed E-state index contributed by atoms with van der Waals surface area (Å²) in [6.07, 6.45) is 3.81. The molecule has 132 valence electrons. The van der Waals surface area contributed by atoms with Crippen LogP contribution in [0.1, 0.15) is 22.7 Å². The molecule has 0 bridgehead atoms. The van der Waals surface area contributed by atoms with Gasteiger partial charge in [0.1, 0.15) is 6.04 Å². The minimum Gasteiger partial charge on any atom is -0.353 e. The van der Waals surface area contributed by atoms with Crippen LogP contribution in [0.4, 0.5) is 0 Å². The molecule has 4 atom stereocenters. The summed E-state index contributed by atoms with van der Waals surface area (Å²) in [6.45, 7) is 0.258. The first-order valence-electron chi connectivity index (χ1n) is 9.04. The Morgan fingerprint density at radius 1 is 0.926 bits per heavy atom. The molecule has 2 aromatic carbocycles. The predicted octanol–water partition coefficient (Wildman–Crippen LogP) is 2.72. The van der Waals surface area contributed by atoms with E-state index in [1.54, 1.807) is 0 Å². The van der Waals surface area contributed by atoms with E-state index in [1.807, 2.05) is 71.8 Å². The summed E-state index contributed by atoms with van der Waals surface area (Å²) in [5.41, 5.74) is 2.96. The predicted molar refractivity (Wildman–Crippen MR) is 98.4 cm³/mol. The highest BCUT2D eigenvalue weighted by atomic mass is 16.2. The van der Waals surface area contributed by atoms with Crippen molar-refractivity contribution in [1.29, 1.82) is 5.26 Å². The number of carbonyl (C=O) groups is 2. The second kappa shape index (κ2) is 5.82. The highest BCUT2D eigenvalue weighted by molar-refractivity contribution is 6.06. The van der Waals surface area contributed by atoms with Crippen molar-refractivity contribution in [3.63, 3.8) is 0 Å². The van der Waals surface area contributed by atoms with E-state index in [2.05, 4.69) is 6.07 Å². The fourth-order valence-electron chi connectivity index (χ4n) is 4.69. The molecule has 0 radical (unpaired) electrons. The van der Waals surface area contributed by atoms with Crippen LogP contribution in [-0.4, -0.2) is 27.7 Å². The van der Waals surface area contributed by atoms with Gasteiger partial charge in [-0.25, -0.2) is 0 Å². The minimum atomic E-state index is -0.623. The molecule has 0 aromatic heterocycles. The van der Waals surface area contributed by atoms with Crippen LogP contribution < -0.4 is 0 Å². The summed E-state index contributed by atoms with van der Waals surface area (Å²) in [7, 11) is 0. The summed E-state index contributed by atoms with van der Waals surface area (Å²) in [5.74, 6) is -1.55. The number of benzene rings is 2. The molecule has 27 heavy (non-hydrogen) atoms. The van der Waals surface area contributed by atoms with Crippen LogP contribution >= 0.6 is 0 Å². The number of rotatable bonds is 2. The third-order valence-electron chi connectivity index (χ3n) is 5.87. The van der Waals surface area contributed by atoms with Crippen molar-refractivity contribution in [1.82, 2.24) is 9.80 Å². The molecule has 2 aromatic rings. The summed E-state index contributed by atoms with van der Waals surface area (Å²) in [6, 6.07) is 18.8. The van der Waals surface area contributed by atoms with E-state index in [0.717, 1.165) is 16.7 Å². The monoisotopic (exact) mass is 355 g/mol. The molecule has 2 fully saturated rings. The van der Waals surface area contributed by atoms with E-state index < -0.39 is 17.9 Å². The van der Waals surface area contributed by atoms with Crippen molar-refractivity contribution in [2.45, 2.75) is 18.6 Å². The Kier molecular flexibility index (Phi) is 3.41. The number of likely N-dealkylation sites (tertiary alicyclic amines) is 1. The Bertz CT molecular complexity index is 1010. The molecule has 3 aliphatic rings. The maximum absolute atomic E-state index is 13.3. The van der Waals surface area contributed by atoms with Crippen molar-refractivity contribution in [2.75, 3.05) is 0 Å². The molecule has 2 amide bonds. The second-order valence-electron chi connectivity index (χ2n) is 7.21. The van der Waals surface area contributed by atoms with Crippen LogP contribution in [0.5, 0.6) is 0 Å². The number of nitriles is 1. The number of hydrogen-bond acceptors (Lipinski definition) is 4. The Morgan fingerprint density at radius 2 is 1.63 bits per heavy atom. The van der Waals surface area contributed by atoms with Gasteiger partial charge in [0.05, 0.1) is 30.5 Å². The van der Waals surface area contributed by atoms with Crippen LogP contribution in [-0.2, 0) is 16.1 Å². The molecule has 3 aliphatic heterocycles. The van der Waals surface area contributed by atoms with E-state index in [9.17, 15) is 14.9 Å². The summed E-state index contributed by atoms with van der Waals surface area (Å²) in [5, 5.41) is 9.77. The summed E-state index contributed by atoms with van der Waals surface area (Å²) < 4.78 is 0.